The van der Waals surface area contributed by atoms with Crippen molar-refractivity contribution in [2.75, 3.05) is 0 Å². The van der Waals surface area contributed by atoms with Crippen molar-refractivity contribution in [1.29, 1.82) is 0 Å². The van der Waals surface area contributed by atoms with Gasteiger partial charge in [-0.25, -0.2) is 4.98 Å². The van der Waals surface area contributed by atoms with Gasteiger partial charge >= 0.3 is 0 Å². The van der Waals surface area contributed by atoms with Crippen LogP contribution in [0.15, 0.2) is 38.0 Å². The Labute approximate surface area is 131 Å². The molecule has 0 fully saturated rings. The van der Waals surface area contributed by atoms with Gasteiger partial charge in [0.05, 0.1) is 5.69 Å². The van der Waals surface area contributed by atoms with Crippen LogP contribution in [-0.4, -0.2) is 19.6 Å². The summed E-state index contributed by atoms with van der Waals surface area (Å²) < 4.78 is 3.26. The van der Waals surface area contributed by atoms with Gasteiger partial charge in [0, 0.05) is 22.5 Å². The predicted molar refractivity (Wildman–Crippen MR) is 83.4 cm³/mol. The second-order valence-corrected chi connectivity index (χ2v) is 7.36. The Morgan fingerprint density at radius 1 is 1.40 bits per heavy atom. The highest BCUT2D eigenvalue weighted by molar-refractivity contribution is 9.10. The van der Waals surface area contributed by atoms with Crippen LogP contribution in [0.25, 0.3) is 5.65 Å². The summed E-state index contributed by atoms with van der Waals surface area (Å²) in [5, 5.41) is 8.94. The van der Waals surface area contributed by atoms with Gasteiger partial charge in [0.1, 0.15) is 10.7 Å². The fourth-order valence-corrected chi connectivity index (χ4v) is 3.72. The maximum Gasteiger partial charge on any atom is 0.258 e. The SMILES string of the molecule is Cc1nnc(SCc2cc(=O)n3cc(Br)ccc3n2)s1. The zero-order valence-corrected chi connectivity index (χ0v) is 13.6. The molecule has 102 valence electrons. The van der Waals surface area contributed by atoms with Crippen LogP contribution in [0.4, 0.5) is 0 Å². The van der Waals surface area contributed by atoms with Crippen LogP contribution in [0.3, 0.4) is 0 Å². The topological polar surface area (TPSA) is 60.2 Å². The highest BCUT2D eigenvalue weighted by atomic mass is 79.9. The third kappa shape index (κ3) is 2.92. The van der Waals surface area contributed by atoms with E-state index in [1.165, 1.54) is 16.2 Å². The third-order valence-electron chi connectivity index (χ3n) is 2.53. The molecule has 0 saturated heterocycles. The number of rotatable bonds is 3. The Bertz CT molecular complexity index is 830. The first-order valence-electron chi connectivity index (χ1n) is 5.72. The molecule has 0 saturated carbocycles. The Morgan fingerprint density at radius 2 is 2.25 bits per heavy atom. The molecule has 3 aromatic heterocycles. The summed E-state index contributed by atoms with van der Waals surface area (Å²) in [6.07, 6.45) is 1.72. The van der Waals surface area contributed by atoms with E-state index in [2.05, 4.69) is 31.1 Å². The van der Waals surface area contributed by atoms with Gasteiger partial charge in [0.25, 0.3) is 5.56 Å². The van der Waals surface area contributed by atoms with E-state index in [1.54, 1.807) is 23.6 Å². The van der Waals surface area contributed by atoms with Crippen LogP contribution < -0.4 is 5.56 Å². The minimum absolute atomic E-state index is 0.0830. The Morgan fingerprint density at radius 3 is 3.00 bits per heavy atom. The zero-order valence-electron chi connectivity index (χ0n) is 10.4. The number of halogens is 1. The monoisotopic (exact) mass is 368 g/mol. The number of aromatic nitrogens is 4. The quantitative estimate of drug-likeness (QED) is 0.665. The van der Waals surface area contributed by atoms with Gasteiger partial charge in [0.15, 0.2) is 4.34 Å². The van der Waals surface area contributed by atoms with Crippen molar-refractivity contribution in [2.45, 2.75) is 17.0 Å². The first kappa shape index (κ1) is 13.7. The minimum Gasteiger partial charge on any atom is -0.269 e. The van der Waals surface area contributed by atoms with Gasteiger partial charge in [-0.05, 0) is 35.0 Å². The summed E-state index contributed by atoms with van der Waals surface area (Å²) in [6, 6.07) is 5.24. The molecule has 0 bridgehead atoms. The molecule has 20 heavy (non-hydrogen) atoms. The van der Waals surface area contributed by atoms with E-state index in [-0.39, 0.29) is 5.56 Å². The van der Waals surface area contributed by atoms with Crippen molar-refractivity contribution >= 4 is 44.7 Å². The second kappa shape index (κ2) is 5.63. The largest absolute Gasteiger partial charge is 0.269 e. The van der Waals surface area contributed by atoms with Crippen molar-refractivity contribution in [3.63, 3.8) is 0 Å². The number of hydrogen-bond acceptors (Lipinski definition) is 6. The molecule has 8 heteroatoms. The van der Waals surface area contributed by atoms with Gasteiger partial charge in [-0.1, -0.05) is 23.1 Å². The average Bonchev–Trinajstić information content (AvgIpc) is 2.83. The molecule has 0 aromatic carbocycles. The molecule has 0 amide bonds. The first-order chi connectivity index (χ1) is 9.61. The van der Waals surface area contributed by atoms with E-state index in [1.807, 2.05) is 19.1 Å². The van der Waals surface area contributed by atoms with Gasteiger partial charge in [0.2, 0.25) is 0 Å². The Hall–Kier alpha value is -1.25. The fourth-order valence-electron chi connectivity index (χ4n) is 1.67. The maximum absolute atomic E-state index is 12.0. The van der Waals surface area contributed by atoms with Crippen LogP contribution in [0, 0.1) is 6.92 Å². The fraction of sp³-hybridized carbons (Fsp3) is 0.167. The summed E-state index contributed by atoms with van der Waals surface area (Å²) in [4.78, 5) is 16.5. The minimum atomic E-state index is -0.0830. The zero-order chi connectivity index (χ0) is 14.1. The number of thioether (sulfide) groups is 1. The van der Waals surface area contributed by atoms with E-state index < -0.39 is 0 Å². The maximum atomic E-state index is 12.0. The van der Waals surface area contributed by atoms with Crippen LogP contribution in [0.5, 0.6) is 0 Å². The standard InChI is InChI=1S/C12H9BrN4OS2/c1-7-15-16-12(20-7)19-6-9-4-11(18)17-5-8(13)2-3-10(17)14-9/h2-5H,6H2,1H3. The van der Waals surface area contributed by atoms with Crippen molar-refractivity contribution in [3.8, 4) is 0 Å². The molecule has 0 atom stereocenters. The molecule has 0 radical (unpaired) electrons. The molecule has 0 spiro atoms. The number of aryl methyl sites for hydroxylation is 1. The van der Waals surface area contributed by atoms with E-state index in [0.29, 0.717) is 11.4 Å². The smallest absolute Gasteiger partial charge is 0.258 e. The lowest BCUT2D eigenvalue weighted by Crippen LogP contribution is -2.15. The lowest BCUT2D eigenvalue weighted by molar-refractivity contribution is 0.980. The third-order valence-corrected chi connectivity index (χ3v) is 5.00. The van der Waals surface area contributed by atoms with Crippen molar-refractivity contribution in [1.82, 2.24) is 19.6 Å². The highest BCUT2D eigenvalue weighted by Gasteiger charge is 2.06. The van der Waals surface area contributed by atoms with Gasteiger partial charge in [-0.15, -0.1) is 10.2 Å². The Balaban J connectivity index is 1.89. The Kier molecular flexibility index (Phi) is 3.86. The van der Waals surface area contributed by atoms with Gasteiger partial charge in [-0.2, -0.15) is 0 Å². The van der Waals surface area contributed by atoms with Crippen molar-refractivity contribution in [3.05, 3.63) is 49.9 Å². The summed E-state index contributed by atoms with van der Waals surface area (Å²) in [5.74, 6) is 0.608. The van der Waals surface area contributed by atoms with Crippen LogP contribution in [0.1, 0.15) is 10.7 Å². The van der Waals surface area contributed by atoms with Crippen molar-refractivity contribution in [2.24, 2.45) is 0 Å². The normalized spacial score (nSPS) is 11.1. The molecule has 0 aliphatic heterocycles. The molecular weight excluding hydrogens is 360 g/mol. The molecule has 0 unspecified atom stereocenters. The van der Waals surface area contributed by atoms with Crippen LogP contribution in [-0.2, 0) is 5.75 Å². The molecule has 5 nitrogen and oxygen atoms in total. The number of pyridine rings is 1. The average molecular weight is 369 g/mol. The van der Waals surface area contributed by atoms with E-state index >= 15 is 0 Å². The highest BCUT2D eigenvalue weighted by Crippen LogP contribution is 2.24. The van der Waals surface area contributed by atoms with Crippen LogP contribution >= 0.6 is 39.0 Å². The van der Waals surface area contributed by atoms with E-state index in [0.717, 1.165) is 19.5 Å². The summed E-state index contributed by atoms with van der Waals surface area (Å²) in [6.45, 7) is 1.92. The van der Waals surface area contributed by atoms with E-state index in [4.69, 9.17) is 0 Å². The molecule has 3 aromatic rings. The van der Waals surface area contributed by atoms with E-state index in [9.17, 15) is 4.79 Å². The molecule has 0 N–H and O–H groups in total. The molecule has 0 aliphatic rings. The van der Waals surface area contributed by atoms with Crippen molar-refractivity contribution < 1.29 is 0 Å². The molecule has 3 rings (SSSR count). The number of fused-ring (bicyclic) bond motifs is 1. The number of nitrogens with zero attached hydrogens (tertiary/aromatic N) is 4. The van der Waals surface area contributed by atoms with Crippen LogP contribution in [0.2, 0.25) is 0 Å². The molecular formula is C12H9BrN4OS2. The summed E-state index contributed by atoms with van der Waals surface area (Å²) in [5.41, 5.74) is 1.31. The second-order valence-electron chi connectivity index (χ2n) is 4.04. The number of hydrogen-bond donors (Lipinski definition) is 0. The predicted octanol–water partition coefficient (Wildman–Crippen LogP) is 2.91. The molecule has 0 aliphatic carbocycles. The molecule has 3 heterocycles. The first-order valence-corrected chi connectivity index (χ1v) is 8.32. The van der Waals surface area contributed by atoms with Gasteiger partial charge < -0.3 is 0 Å². The lowest BCUT2D eigenvalue weighted by Gasteiger charge is -2.03. The van der Waals surface area contributed by atoms with Gasteiger partial charge in [-0.3, -0.25) is 9.20 Å². The lowest BCUT2D eigenvalue weighted by atomic mass is 10.4. The summed E-state index contributed by atoms with van der Waals surface area (Å²) >= 11 is 6.42. The summed E-state index contributed by atoms with van der Waals surface area (Å²) in [7, 11) is 0.